The molecule has 1 saturated carbocycles. The number of allylic oxidation sites excluding steroid dienone is 1. The van der Waals surface area contributed by atoms with E-state index in [0.717, 1.165) is 37.0 Å². The first-order chi connectivity index (χ1) is 11.3. The lowest BCUT2D eigenvalue weighted by molar-refractivity contribution is 0.251. The smallest absolute Gasteiger partial charge is 0.122 e. The van der Waals surface area contributed by atoms with Crippen LogP contribution in [0, 0.1) is 11.8 Å². The van der Waals surface area contributed by atoms with Crippen LogP contribution in [0.2, 0.25) is 0 Å². The molecule has 0 unspecified atom stereocenters. The fraction of sp³-hybridized carbons (Fsp3) is 0.636. The predicted molar refractivity (Wildman–Crippen MR) is 100 cm³/mol. The Hall–Kier alpha value is -1.24. The van der Waals surface area contributed by atoms with E-state index in [9.17, 15) is 0 Å². The minimum atomic E-state index is 0.797. The molecule has 0 saturated heterocycles. The Bertz CT molecular complexity index is 443. The minimum absolute atomic E-state index is 0.797. The number of para-hydroxylation sites is 1. The van der Waals surface area contributed by atoms with E-state index in [0.29, 0.717) is 0 Å². The number of rotatable bonds is 10. The molecule has 0 radical (unpaired) electrons. The standard InChI is InChI=1S/C22H34O/c1-3-5-8-18-23-22-11-7-6-10-21(22)17-16-20-14-12-19(9-4-2)13-15-20/h3,6-7,10-11,19-20H,1,4-5,8-9,12-18H2,2H3/t19-,20-. The Balaban J connectivity index is 1.76. The maximum atomic E-state index is 5.98. The second-order valence-electron chi connectivity index (χ2n) is 7.10. The van der Waals surface area contributed by atoms with Crippen LogP contribution in [0.5, 0.6) is 5.75 Å². The Morgan fingerprint density at radius 1 is 1.09 bits per heavy atom. The highest BCUT2D eigenvalue weighted by Gasteiger charge is 2.20. The van der Waals surface area contributed by atoms with Gasteiger partial charge in [-0.2, -0.15) is 0 Å². The second-order valence-corrected chi connectivity index (χ2v) is 7.10. The van der Waals surface area contributed by atoms with Gasteiger partial charge in [0.2, 0.25) is 0 Å². The number of ether oxygens (including phenoxy) is 1. The average molecular weight is 315 g/mol. The van der Waals surface area contributed by atoms with E-state index in [1.807, 2.05) is 6.08 Å². The van der Waals surface area contributed by atoms with Gasteiger partial charge in [0.1, 0.15) is 5.75 Å². The van der Waals surface area contributed by atoms with E-state index in [1.165, 1.54) is 56.9 Å². The second kappa shape index (κ2) is 10.5. The van der Waals surface area contributed by atoms with Crippen molar-refractivity contribution in [1.82, 2.24) is 0 Å². The highest BCUT2D eigenvalue weighted by atomic mass is 16.5. The zero-order chi connectivity index (χ0) is 16.3. The molecule has 0 atom stereocenters. The number of benzene rings is 1. The fourth-order valence-corrected chi connectivity index (χ4v) is 3.84. The molecule has 0 aliphatic heterocycles. The van der Waals surface area contributed by atoms with E-state index >= 15 is 0 Å². The fourth-order valence-electron chi connectivity index (χ4n) is 3.84. The summed E-state index contributed by atoms with van der Waals surface area (Å²) in [6, 6.07) is 8.60. The first-order valence-corrected chi connectivity index (χ1v) is 9.65. The topological polar surface area (TPSA) is 9.23 Å². The molecule has 128 valence electrons. The molecule has 1 aliphatic carbocycles. The van der Waals surface area contributed by atoms with Crippen LogP contribution in [0.15, 0.2) is 36.9 Å². The lowest BCUT2D eigenvalue weighted by Gasteiger charge is -2.28. The number of hydrogen-bond acceptors (Lipinski definition) is 1. The van der Waals surface area contributed by atoms with Crippen molar-refractivity contribution in [2.45, 2.75) is 71.1 Å². The minimum Gasteiger partial charge on any atom is -0.493 e. The van der Waals surface area contributed by atoms with Crippen molar-refractivity contribution in [3.63, 3.8) is 0 Å². The summed E-state index contributed by atoms with van der Waals surface area (Å²) in [4.78, 5) is 0. The van der Waals surface area contributed by atoms with Crippen LogP contribution in [0.3, 0.4) is 0 Å². The Labute approximate surface area is 143 Å². The van der Waals surface area contributed by atoms with Crippen LogP contribution < -0.4 is 4.74 Å². The van der Waals surface area contributed by atoms with Gasteiger partial charge in [-0.1, -0.05) is 69.7 Å². The van der Waals surface area contributed by atoms with Gasteiger partial charge in [-0.05, 0) is 49.1 Å². The Kier molecular flexibility index (Phi) is 8.28. The summed E-state index contributed by atoms with van der Waals surface area (Å²) >= 11 is 0. The van der Waals surface area contributed by atoms with E-state index in [2.05, 4.69) is 37.8 Å². The molecule has 2 rings (SSSR count). The molecule has 0 spiro atoms. The molecular formula is C22H34O. The quantitative estimate of drug-likeness (QED) is 0.350. The maximum absolute atomic E-state index is 5.98. The normalized spacial score (nSPS) is 21.1. The lowest BCUT2D eigenvalue weighted by Crippen LogP contribution is -2.15. The SMILES string of the molecule is C=CCCCOc1ccccc1CC[C@H]1CC[C@H](CCC)CC1. The molecule has 1 heteroatoms. The molecule has 1 nitrogen and oxygen atoms in total. The summed E-state index contributed by atoms with van der Waals surface area (Å²) < 4.78 is 5.98. The van der Waals surface area contributed by atoms with Crippen LogP contribution in [-0.2, 0) is 6.42 Å². The van der Waals surface area contributed by atoms with Crippen LogP contribution in [0.1, 0.15) is 70.3 Å². The Morgan fingerprint density at radius 3 is 2.48 bits per heavy atom. The van der Waals surface area contributed by atoms with E-state index in [1.54, 1.807) is 0 Å². The van der Waals surface area contributed by atoms with Gasteiger partial charge in [-0.3, -0.25) is 0 Å². The van der Waals surface area contributed by atoms with E-state index in [4.69, 9.17) is 4.74 Å². The third-order valence-electron chi connectivity index (χ3n) is 5.27. The predicted octanol–water partition coefficient (Wildman–Crippen LogP) is 6.57. The highest BCUT2D eigenvalue weighted by Crippen LogP contribution is 2.34. The Morgan fingerprint density at radius 2 is 1.78 bits per heavy atom. The first kappa shape index (κ1) is 18.1. The molecule has 1 aromatic carbocycles. The van der Waals surface area contributed by atoms with Crippen LogP contribution in [0.4, 0.5) is 0 Å². The number of hydrogen-bond donors (Lipinski definition) is 0. The van der Waals surface area contributed by atoms with Crippen molar-refractivity contribution in [3.8, 4) is 5.75 Å². The molecule has 0 amide bonds. The molecule has 1 aliphatic rings. The number of unbranched alkanes of at least 4 members (excludes halogenated alkanes) is 1. The third-order valence-corrected chi connectivity index (χ3v) is 5.27. The van der Waals surface area contributed by atoms with Gasteiger partial charge < -0.3 is 4.74 Å². The summed E-state index contributed by atoms with van der Waals surface area (Å²) in [6.07, 6.45) is 15.1. The molecule has 0 aromatic heterocycles. The summed E-state index contributed by atoms with van der Waals surface area (Å²) in [5, 5.41) is 0. The van der Waals surface area contributed by atoms with Crippen molar-refractivity contribution in [1.29, 1.82) is 0 Å². The highest BCUT2D eigenvalue weighted by molar-refractivity contribution is 5.33. The molecule has 1 aromatic rings. The van der Waals surface area contributed by atoms with Crippen molar-refractivity contribution < 1.29 is 4.74 Å². The van der Waals surface area contributed by atoms with Gasteiger partial charge in [0.25, 0.3) is 0 Å². The first-order valence-electron chi connectivity index (χ1n) is 9.65. The zero-order valence-electron chi connectivity index (χ0n) is 14.9. The maximum Gasteiger partial charge on any atom is 0.122 e. The van der Waals surface area contributed by atoms with E-state index < -0.39 is 0 Å². The lowest BCUT2D eigenvalue weighted by atomic mass is 9.78. The van der Waals surface area contributed by atoms with Gasteiger partial charge in [0.15, 0.2) is 0 Å². The third kappa shape index (κ3) is 6.41. The summed E-state index contributed by atoms with van der Waals surface area (Å²) in [5.41, 5.74) is 1.39. The summed E-state index contributed by atoms with van der Waals surface area (Å²) in [7, 11) is 0. The molecule has 1 fully saturated rings. The van der Waals surface area contributed by atoms with Crippen molar-refractivity contribution >= 4 is 0 Å². The molecule has 0 N–H and O–H groups in total. The van der Waals surface area contributed by atoms with Gasteiger partial charge in [-0.25, -0.2) is 0 Å². The van der Waals surface area contributed by atoms with E-state index in [-0.39, 0.29) is 0 Å². The molecule has 0 heterocycles. The van der Waals surface area contributed by atoms with Crippen LogP contribution >= 0.6 is 0 Å². The molecular weight excluding hydrogens is 280 g/mol. The average Bonchev–Trinajstić information content (AvgIpc) is 2.59. The number of aryl methyl sites for hydroxylation is 1. The zero-order valence-corrected chi connectivity index (χ0v) is 14.9. The monoisotopic (exact) mass is 314 g/mol. The van der Waals surface area contributed by atoms with Gasteiger partial charge in [-0.15, -0.1) is 6.58 Å². The van der Waals surface area contributed by atoms with Gasteiger partial charge in [0, 0.05) is 0 Å². The largest absolute Gasteiger partial charge is 0.493 e. The van der Waals surface area contributed by atoms with Gasteiger partial charge >= 0.3 is 0 Å². The molecule has 0 bridgehead atoms. The summed E-state index contributed by atoms with van der Waals surface area (Å²) in [5.74, 6) is 3.03. The van der Waals surface area contributed by atoms with Crippen molar-refractivity contribution in [3.05, 3.63) is 42.5 Å². The summed E-state index contributed by atoms with van der Waals surface area (Å²) in [6.45, 7) is 6.88. The van der Waals surface area contributed by atoms with Crippen LogP contribution in [-0.4, -0.2) is 6.61 Å². The van der Waals surface area contributed by atoms with Crippen LogP contribution in [0.25, 0.3) is 0 Å². The van der Waals surface area contributed by atoms with Crippen molar-refractivity contribution in [2.24, 2.45) is 11.8 Å². The van der Waals surface area contributed by atoms with Crippen molar-refractivity contribution in [2.75, 3.05) is 6.61 Å². The van der Waals surface area contributed by atoms with Gasteiger partial charge in [0.05, 0.1) is 6.61 Å². The molecule has 23 heavy (non-hydrogen) atoms.